The fraction of sp³-hybridized carbons (Fsp3) is 0.125. The van der Waals surface area contributed by atoms with Crippen LogP contribution in [0.25, 0.3) is 22.3 Å². The largest absolute Gasteiger partial charge is 0.373 e. The highest BCUT2D eigenvalue weighted by Gasteiger charge is 2.13. The van der Waals surface area contributed by atoms with Crippen molar-refractivity contribution in [1.82, 2.24) is 9.97 Å². The number of aromatic nitrogens is 2. The second kappa shape index (κ2) is 5.30. The Morgan fingerprint density at radius 1 is 1.14 bits per heavy atom. The van der Waals surface area contributed by atoms with Crippen LogP contribution in [-0.4, -0.2) is 17.0 Å². The van der Waals surface area contributed by atoms with E-state index in [1.54, 1.807) is 50.4 Å². The summed E-state index contributed by atoms with van der Waals surface area (Å²) in [6.45, 7) is 1.72. The van der Waals surface area contributed by atoms with Crippen LogP contribution >= 0.6 is 11.6 Å². The molecule has 0 unspecified atom stereocenters. The van der Waals surface area contributed by atoms with Crippen molar-refractivity contribution in [3.05, 3.63) is 52.8 Å². The monoisotopic (exact) mass is 301 g/mol. The van der Waals surface area contributed by atoms with Crippen molar-refractivity contribution < 1.29 is 4.39 Å². The Morgan fingerprint density at radius 2 is 1.95 bits per heavy atom. The summed E-state index contributed by atoms with van der Waals surface area (Å²) in [4.78, 5) is 8.86. The molecule has 2 aromatic carbocycles. The average Bonchev–Trinajstić information content (AvgIpc) is 2.49. The Bertz CT molecular complexity index is 833. The summed E-state index contributed by atoms with van der Waals surface area (Å²) in [5, 5.41) is 4.42. The van der Waals surface area contributed by atoms with Crippen LogP contribution in [0.5, 0.6) is 0 Å². The van der Waals surface area contributed by atoms with Gasteiger partial charge in [0.25, 0.3) is 0 Å². The van der Waals surface area contributed by atoms with Gasteiger partial charge in [-0.2, -0.15) is 0 Å². The number of hydrogen-bond donors (Lipinski definition) is 1. The van der Waals surface area contributed by atoms with Gasteiger partial charge in [0.1, 0.15) is 11.6 Å². The van der Waals surface area contributed by atoms with E-state index >= 15 is 0 Å². The van der Waals surface area contributed by atoms with Gasteiger partial charge in [0.2, 0.25) is 0 Å². The zero-order valence-electron chi connectivity index (χ0n) is 11.6. The number of aryl methyl sites for hydroxylation is 1. The second-order valence-electron chi connectivity index (χ2n) is 4.74. The van der Waals surface area contributed by atoms with Gasteiger partial charge in [-0.05, 0) is 36.8 Å². The zero-order chi connectivity index (χ0) is 15.0. The van der Waals surface area contributed by atoms with Crippen LogP contribution in [0, 0.1) is 12.7 Å². The molecule has 3 nitrogen and oxygen atoms in total. The first-order valence-electron chi connectivity index (χ1n) is 6.50. The van der Waals surface area contributed by atoms with Gasteiger partial charge in [-0.1, -0.05) is 23.7 Å². The molecule has 1 aromatic heterocycles. The molecule has 1 heterocycles. The molecule has 0 saturated heterocycles. The molecule has 0 aliphatic heterocycles. The van der Waals surface area contributed by atoms with E-state index in [1.807, 2.05) is 0 Å². The number of halogens is 2. The van der Waals surface area contributed by atoms with Crippen molar-refractivity contribution in [2.75, 3.05) is 12.4 Å². The molecule has 0 atom stereocenters. The topological polar surface area (TPSA) is 37.8 Å². The molecule has 1 N–H and O–H groups in total. The predicted molar refractivity (Wildman–Crippen MR) is 84.2 cm³/mol. The first-order chi connectivity index (χ1) is 10.1. The Balaban J connectivity index is 2.29. The van der Waals surface area contributed by atoms with Gasteiger partial charge in [0.05, 0.1) is 11.1 Å². The minimum atomic E-state index is -0.298. The summed E-state index contributed by atoms with van der Waals surface area (Å²) in [5.41, 5.74) is 1.68. The standard InChI is InChI=1S/C16H13ClFN3/c1-9-4-3-5-11(14(9)18)16-20-13-7-6-10(17)8-12(13)15(19-2)21-16/h3-8H,1-2H3,(H,19,20,21). The molecule has 106 valence electrons. The van der Waals surface area contributed by atoms with Gasteiger partial charge < -0.3 is 5.32 Å². The lowest BCUT2D eigenvalue weighted by Crippen LogP contribution is -2.00. The Morgan fingerprint density at radius 3 is 2.71 bits per heavy atom. The number of hydrogen-bond acceptors (Lipinski definition) is 3. The van der Waals surface area contributed by atoms with E-state index in [0.29, 0.717) is 27.8 Å². The predicted octanol–water partition coefficient (Wildman–Crippen LogP) is 4.44. The van der Waals surface area contributed by atoms with E-state index in [2.05, 4.69) is 15.3 Å². The quantitative estimate of drug-likeness (QED) is 0.760. The van der Waals surface area contributed by atoms with Crippen LogP contribution in [0.3, 0.4) is 0 Å². The van der Waals surface area contributed by atoms with Crippen LogP contribution in [0.2, 0.25) is 5.02 Å². The van der Waals surface area contributed by atoms with Gasteiger partial charge in [0.15, 0.2) is 5.82 Å². The lowest BCUT2D eigenvalue weighted by molar-refractivity contribution is 0.621. The summed E-state index contributed by atoms with van der Waals surface area (Å²) in [5.74, 6) is 0.682. The highest BCUT2D eigenvalue weighted by molar-refractivity contribution is 6.31. The van der Waals surface area contributed by atoms with Crippen molar-refractivity contribution in [1.29, 1.82) is 0 Å². The van der Waals surface area contributed by atoms with Crippen molar-refractivity contribution in [2.24, 2.45) is 0 Å². The Hall–Kier alpha value is -2.20. The third-order valence-corrected chi connectivity index (χ3v) is 3.56. The highest BCUT2D eigenvalue weighted by Crippen LogP contribution is 2.28. The van der Waals surface area contributed by atoms with Crippen molar-refractivity contribution in [3.63, 3.8) is 0 Å². The van der Waals surface area contributed by atoms with Crippen LogP contribution in [0.15, 0.2) is 36.4 Å². The lowest BCUT2D eigenvalue weighted by atomic mass is 10.1. The molecule has 5 heteroatoms. The van der Waals surface area contributed by atoms with Crippen LogP contribution in [0.4, 0.5) is 10.2 Å². The number of rotatable bonds is 2. The van der Waals surface area contributed by atoms with Crippen molar-refractivity contribution in [3.8, 4) is 11.4 Å². The van der Waals surface area contributed by atoms with E-state index in [-0.39, 0.29) is 5.82 Å². The van der Waals surface area contributed by atoms with E-state index in [4.69, 9.17) is 11.6 Å². The molecule has 0 aliphatic carbocycles. The minimum absolute atomic E-state index is 0.298. The van der Waals surface area contributed by atoms with Gasteiger partial charge in [0, 0.05) is 17.5 Å². The van der Waals surface area contributed by atoms with E-state index < -0.39 is 0 Å². The van der Waals surface area contributed by atoms with Crippen LogP contribution < -0.4 is 5.32 Å². The van der Waals surface area contributed by atoms with Crippen molar-refractivity contribution >= 4 is 28.3 Å². The van der Waals surface area contributed by atoms with Gasteiger partial charge in [-0.3, -0.25) is 0 Å². The number of anilines is 1. The molecule has 3 aromatic rings. The summed E-state index contributed by atoms with van der Waals surface area (Å²) in [7, 11) is 1.76. The van der Waals surface area contributed by atoms with Gasteiger partial charge >= 0.3 is 0 Å². The van der Waals surface area contributed by atoms with Crippen LogP contribution in [0.1, 0.15) is 5.56 Å². The fourth-order valence-electron chi connectivity index (χ4n) is 2.23. The number of fused-ring (bicyclic) bond motifs is 1. The lowest BCUT2D eigenvalue weighted by Gasteiger charge is -2.10. The maximum Gasteiger partial charge on any atom is 0.165 e. The number of nitrogens with one attached hydrogen (secondary N) is 1. The molecule has 3 rings (SSSR count). The molecular weight excluding hydrogens is 289 g/mol. The Kier molecular flexibility index (Phi) is 3.47. The van der Waals surface area contributed by atoms with E-state index in [1.165, 1.54) is 0 Å². The number of benzene rings is 2. The molecule has 0 fully saturated rings. The molecule has 0 spiro atoms. The molecule has 0 radical (unpaired) electrons. The summed E-state index contributed by atoms with van der Waals surface area (Å²) >= 11 is 6.01. The fourth-order valence-corrected chi connectivity index (χ4v) is 2.40. The average molecular weight is 302 g/mol. The first-order valence-corrected chi connectivity index (χ1v) is 6.88. The highest BCUT2D eigenvalue weighted by atomic mass is 35.5. The summed E-state index contributed by atoms with van der Waals surface area (Å²) < 4.78 is 14.3. The molecule has 0 bridgehead atoms. The molecular formula is C16H13ClFN3. The van der Waals surface area contributed by atoms with E-state index in [9.17, 15) is 4.39 Å². The maximum atomic E-state index is 14.3. The SMILES string of the molecule is CNc1nc(-c2cccc(C)c2F)nc2ccc(Cl)cc12. The maximum absolute atomic E-state index is 14.3. The normalized spacial score (nSPS) is 10.9. The zero-order valence-corrected chi connectivity index (χ0v) is 12.4. The molecule has 21 heavy (non-hydrogen) atoms. The minimum Gasteiger partial charge on any atom is -0.373 e. The molecule has 0 saturated carbocycles. The Labute approximate surface area is 126 Å². The summed E-state index contributed by atoms with van der Waals surface area (Å²) in [6, 6.07) is 10.5. The number of nitrogens with zero attached hydrogens (tertiary/aromatic N) is 2. The van der Waals surface area contributed by atoms with Gasteiger partial charge in [-0.15, -0.1) is 0 Å². The molecule has 0 aliphatic rings. The second-order valence-corrected chi connectivity index (χ2v) is 5.18. The summed E-state index contributed by atoms with van der Waals surface area (Å²) in [6.07, 6.45) is 0. The van der Waals surface area contributed by atoms with Crippen LogP contribution in [-0.2, 0) is 0 Å². The third-order valence-electron chi connectivity index (χ3n) is 3.33. The van der Waals surface area contributed by atoms with Gasteiger partial charge in [-0.25, -0.2) is 14.4 Å². The smallest absolute Gasteiger partial charge is 0.165 e. The molecule has 0 amide bonds. The third kappa shape index (κ3) is 2.43. The first kappa shape index (κ1) is 13.8. The van der Waals surface area contributed by atoms with Crippen molar-refractivity contribution in [2.45, 2.75) is 6.92 Å². The van der Waals surface area contributed by atoms with E-state index in [0.717, 1.165) is 10.9 Å².